The predicted octanol–water partition coefficient (Wildman–Crippen LogP) is 1.90. The smallest absolute Gasteiger partial charge is 0.0749 e. The number of ether oxygens (including phenoxy) is 1. The number of aromatic amines is 1. The molecule has 2 aromatic rings. The van der Waals surface area contributed by atoms with Crippen molar-refractivity contribution < 1.29 is 9.84 Å². The normalized spacial score (nSPS) is 25.6. The van der Waals surface area contributed by atoms with Crippen molar-refractivity contribution in [2.75, 3.05) is 52.5 Å². The Labute approximate surface area is 158 Å². The lowest BCUT2D eigenvalue weighted by Gasteiger charge is -2.39. The van der Waals surface area contributed by atoms with Crippen LogP contribution in [0.3, 0.4) is 0 Å². The summed E-state index contributed by atoms with van der Waals surface area (Å²) >= 11 is 1.83. The molecule has 0 spiro atoms. The van der Waals surface area contributed by atoms with Crippen molar-refractivity contribution in [3.05, 3.63) is 29.3 Å². The molecule has 2 atom stereocenters. The highest BCUT2D eigenvalue weighted by molar-refractivity contribution is 7.15. The number of H-pyrrole nitrogens is 1. The summed E-state index contributed by atoms with van der Waals surface area (Å²) in [5.74, 6) is 1.02. The molecule has 2 aromatic heterocycles. The number of aliphatic hydroxyl groups is 1. The van der Waals surface area contributed by atoms with Crippen LogP contribution in [0.25, 0.3) is 10.6 Å². The van der Waals surface area contributed by atoms with E-state index in [2.05, 4.69) is 32.1 Å². The van der Waals surface area contributed by atoms with Crippen LogP contribution in [0.4, 0.5) is 0 Å². The molecule has 2 aliphatic rings. The summed E-state index contributed by atoms with van der Waals surface area (Å²) in [6.45, 7) is 8.28. The van der Waals surface area contributed by atoms with Crippen molar-refractivity contribution in [2.24, 2.45) is 11.8 Å². The van der Waals surface area contributed by atoms with Crippen LogP contribution in [0.2, 0.25) is 0 Å². The molecule has 6 nitrogen and oxygen atoms in total. The van der Waals surface area contributed by atoms with E-state index in [4.69, 9.17) is 4.74 Å². The summed E-state index contributed by atoms with van der Waals surface area (Å²) in [6, 6.07) is 6.41. The zero-order chi connectivity index (χ0) is 17.8. The van der Waals surface area contributed by atoms with Gasteiger partial charge in [0.25, 0.3) is 0 Å². The monoisotopic (exact) mass is 376 g/mol. The van der Waals surface area contributed by atoms with Crippen molar-refractivity contribution in [3.63, 3.8) is 0 Å². The quantitative estimate of drug-likeness (QED) is 0.806. The summed E-state index contributed by atoms with van der Waals surface area (Å²) in [7, 11) is 0. The lowest BCUT2D eigenvalue weighted by Crippen LogP contribution is -2.47. The van der Waals surface area contributed by atoms with Crippen LogP contribution in [0.5, 0.6) is 0 Å². The summed E-state index contributed by atoms with van der Waals surface area (Å²) in [6.07, 6.45) is 2.93. The first kappa shape index (κ1) is 18.1. The van der Waals surface area contributed by atoms with Gasteiger partial charge in [-0.1, -0.05) is 0 Å². The highest BCUT2D eigenvalue weighted by Gasteiger charge is 2.29. The molecule has 0 amide bonds. The fraction of sp³-hybridized carbons (Fsp3) is 0.632. The van der Waals surface area contributed by atoms with Crippen LogP contribution in [-0.2, 0) is 11.3 Å². The second-order valence-electron chi connectivity index (χ2n) is 7.49. The van der Waals surface area contributed by atoms with Crippen LogP contribution in [0, 0.1) is 11.8 Å². The second kappa shape index (κ2) is 8.63. The summed E-state index contributed by atoms with van der Waals surface area (Å²) in [4.78, 5) is 7.66. The lowest BCUT2D eigenvalue weighted by molar-refractivity contribution is 0.0119. The minimum Gasteiger partial charge on any atom is -0.396 e. The van der Waals surface area contributed by atoms with E-state index < -0.39 is 0 Å². The minimum atomic E-state index is 0.292. The van der Waals surface area contributed by atoms with Gasteiger partial charge < -0.3 is 9.84 Å². The molecule has 2 saturated heterocycles. The Hall–Kier alpha value is -1.25. The van der Waals surface area contributed by atoms with E-state index in [0.29, 0.717) is 18.4 Å². The number of nitrogens with one attached hydrogen (secondary N) is 1. The number of likely N-dealkylation sites (tertiary alicyclic amines) is 1. The lowest BCUT2D eigenvalue weighted by atomic mass is 9.89. The zero-order valence-corrected chi connectivity index (χ0v) is 16.0. The average Bonchev–Trinajstić information content (AvgIpc) is 3.34. The van der Waals surface area contributed by atoms with Crippen molar-refractivity contribution in [2.45, 2.75) is 13.0 Å². The number of thiophene rings is 1. The first-order valence-corrected chi connectivity index (χ1v) is 10.3. The summed E-state index contributed by atoms with van der Waals surface area (Å²) in [5, 5.41) is 16.8. The number of piperidine rings is 1. The topological polar surface area (TPSA) is 64.6 Å². The van der Waals surface area contributed by atoms with Gasteiger partial charge in [-0.2, -0.15) is 5.10 Å². The Morgan fingerprint density at radius 3 is 2.77 bits per heavy atom. The third kappa shape index (κ3) is 4.53. The molecule has 0 radical (unpaired) electrons. The third-order valence-corrected chi connectivity index (χ3v) is 6.49. The van der Waals surface area contributed by atoms with Gasteiger partial charge in [-0.25, -0.2) is 0 Å². The highest BCUT2D eigenvalue weighted by Crippen LogP contribution is 2.29. The number of hydrogen-bond acceptors (Lipinski definition) is 6. The van der Waals surface area contributed by atoms with Gasteiger partial charge in [0.1, 0.15) is 0 Å². The van der Waals surface area contributed by atoms with Crippen molar-refractivity contribution in [3.8, 4) is 10.6 Å². The maximum Gasteiger partial charge on any atom is 0.0749 e. The van der Waals surface area contributed by atoms with Crippen molar-refractivity contribution in [1.82, 2.24) is 20.0 Å². The Morgan fingerprint density at radius 1 is 1.15 bits per heavy atom. The van der Waals surface area contributed by atoms with Gasteiger partial charge in [0.2, 0.25) is 0 Å². The Kier molecular flexibility index (Phi) is 6.01. The maximum atomic E-state index is 9.76. The van der Waals surface area contributed by atoms with Gasteiger partial charge in [-0.05, 0) is 36.5 Å². The molecule has 2 aliphatic heterocycles. The van der Waals surface area contributed by atoms with Crippen LogP contribution >= 0.6 is 11.3 Å². The molecule has 26 heavy (non-hydrogen) atoms. The van der Waals surface area contributed by atoms with Gasteiger partial charge in [-0.15, -0.1) is 11.3 Å². The average molecular weight is 377 g/mol. The van der Waals surface area contributed by atoms with E-state index in [9.17, 15) is 5.11 Å². The van der Waals surface area contributed by atoms with Crippen molar-refractivity contribution in [1.29, 1.82) is 0 Å². The van der Waals surface area contributed by atoms with Crippen LogP contribution in [-0.4, -0.2) is 77.6 Å². The van der Waals surface area contributed by atoms with Gasteiger partial charge in [0, 0.05) is 56.9 Å². The maximum absolute atomic E-state index is 9.76. The molecule has 7 heteroatoms. The third-order valence-electron chi connectivity index (χ3n) is 5.39. The molecule has 0 unspecified atom stereocenters. The molecular weight excluding hydrogens is 348 g/mol. The SMILES string of the molecule is OC[C@@H]1C[C@H](CN2CCOCC2)CN(Cc2ccc(-c3ccn[nH]3)s2)C1. The highest BCUT2D eigenvalue weighted by atomic mass is 32.1. The molecule has 142 valence electrons. The number of rotatable bonds is 6. The van der Waals surface area contributed by atoms with E-state index in [1.807, 2.05) is 17.4 Å². The number of nitrogens with zero attached hydrogens (tertiary/aromatic N) is 3. The van der Waals surface area contributed by atoms with Crippen LogP contribution in [0.1, 0.15) is 11.3 Å². The number of aromatic nitrogens is 2. The molecule has 2 N–H and O–H groups in total. The van der Waals surface area contributed by atoms with Crippen LogP contribution < -0.4 is 0 Å². The second-order valence-corrected chi connectivity index (χ2v) is 8.66. The van der Waals surface area contributed by atoms with E-state index in [-0.39, 0.29) is 0 Å². The Balaban J connectivity index is 1.37. The van der Waals surface area contributed by atoms with Gasteiger partial charge in [0.05, 0.1) is 23.8 Å². The first-order chi connectivity index (χ1) is 12.8. The Bertz CT molecular complexity index is 669. The van der Waals surface area contributed by atoms with Crippen LogP contribution in [0.15, 0.2) is 24.4 Å². The molecule has 4 rings (SSSR count). The molecule has 0 aromatic carbocycles. The largest absolute Gasteiger partial charge is 0.396 e. The number of morpholine rings is 1. The number of hydrogen-bond donors (Lipinski definition) is 2. The standard InChI is InChI=1S/C19H28N4O2S/c24-14-16-9-15(10-22-5-7-25-8-6-22)11-23(12-16)13-17-1-2-19(26-17)18-3-4-20-21-18/h1-4,15-16,24H,5-14H2,(H,20,21)/t15-,16-/m1/s1. The summed E-state index contributed by atoms with van der Waals surface area (Å²) in [5.41, 5.74) is 1.08. The minimum absolute atomic E-state index is 0.292. The van der Waals surface area contributed by atoms with E-state index >= 15 is 0 Å². The zero-order valence-electron chi connectivity index (χ0n) is 15.1. The van der Waals surface area contributed by atoms with Gasteiger partial charge in [-0.3, -0.25) is 14.9 Å². The van der Waals surface area contributed by atoms with E-state index in [1.54, 1.807) is 6.20 Å². The summed E-state index contributed by atoms with van der Waals surface area (Å²) < 4.78 is 5.47. The molecule has 4 heterocycles. The van der Waals surface area contributed by atoms with Gasteiger partial charge in [0.15, 0.2) is 0 Å². The predicted molar refractivity (Wildman–Crippen MR) is 103 cm³/mol. The fourth-order valence-electron chi connectivity index (χ4n) is 4.19. The molecule has 0 aliphatic carbocycles. The van der Waals surface area contributed by atoms with E-state index in [1.165, 1.54) is 9.75 Å². The molecule has 0 bridgehead atoms. The van der Waals surface area contributed by atoms with E-state index in [0.717, 1.165) is 64.6 Å². The molecule has 0 saturated carbocycles. The van der Waals surface area contributed by atoms with Crippen molar-refractivity contribution >= 4 is 11.3 Å². The van der Waals surface area contributed by atoms with Gasteiger partial charge >= 0.3 is 0 Å². The first-order valence-electron chi connectivity index (χ1n) is 9.52. The Morgan fingerprint density at radius 2 is 2.00 bits per heavy atom. The fourth-order valence-corrected chi connectivity index (χ4v) is 5.21. The number of aliphatic hydroxyl groups excluding tert-OH is 1. The molecular formula is C19H28N4O2S. The molecule has 2 fully saturated rings.